The minimum absolute atomic E-state index is 0.215. The van der Waals surface area contributed by atoms with E-state index in [0.717, 1.165) is 14.4 Å². The molecule has 2 aliphatic rings. The molecule has 34 heavy (non-hydrogen) atoms. The summed E-state index contributed by atoms with van der Waals surface area (Å²) in [6.07, 6.45) is 11.2. The van der Waals surface area contributed by atoms with Gasteiger partial charge in [-0.3, -0.25) is 0 Å². The van der Waals surface area contributed by atoms with E-state index < -0.39 is 15.3 Å². The minimum atomic E-state index is -6.18. The van der Waals surface area contributed by atoms with E-state index in [1.807, 2.05) is 25.1 Å². The Bertz CT molecular complexity index is 1470. The van der Waals surface area contributed by atoms with E-state index in [0.29, 0.717) is 17.9 Å². The molecule has 5 rings (SSSR count). The second-order valence-electron chi connectivity index (χ2n) is 11.3. The van der Waals surface area contributed by atoms with Crippen LogP contribution in [0, 0.1) is 11.6 Å². The van der Waals surface area contributed by atoms with Gasteiger partial charge in [-0.25, -0.2) is 0 Å². The Morgan fingerprint density at radius 3 is 1.91 bits per heavy atom. The first kappa shape index (κ1) is 23.2. The normalized spacial score (nSPS) is 19.9. The van der Waals surface area contributed by atoms with Crippen molar-refractivity contribution >= 4 is 13.0 Å². The third-order valence-corrected chi connectivity index (χ3v) is 35.0. The Kier molecular flexibility index (Phi) is 4.62. The molecule has 0 amide bonds. The van der Waals surface area contributed by atoms with E-state index in [2.05, 4.69) is 45.7 Å². The first-order chi connectivity index (χ1) is 16.0. The van der Waals surface area contributed by atoms with E-state index in [-0.39, 0.29) is 15.3 Å². The van der Waals surface area contributed by atoms with Crippen LogP contribution in [0.3, 0.4) is 0 Å². The summed E-state index contributed by atoms with van der Waals surface area (Å²) in [6.45, 7) is 1.83. The maximum absolute atomic E-state index is 13.9. The zero-order chi connectivity index (χ0) is 24.1. The molecular weight excluding hydrogens is 526 g/mol. The van der Waals surface area contributed by atoms with Gasteiger partial charge in [0.25, 0.3) is 0 Å². The quantitative estimate of drug-likeness (QED) is 0.299. The molecule has 0 saturated heterocycles. The molecular formula is C28H28F2O2SiZr. The maximum atomic E-state index is 13.9. The number of allylic oxidation sites excluding steroid dienone is 5. The average molecular weight is 554 g/mol. The Morgan fingerprint density at radius 1 is 0.824 bits per heavy atom. The molecule has 0 aliphatic heterocycles. The average Bonchev–Trinajstić information content (AvgIpc) is 3.49. The summed E-state index contributed by atoms with van der Waals surface area (Å²) in [7, 11) is 0. The van der Waals surface area contributed by atoms with Gasteiger partial charge in [0.1, 0.15) is 0 Å². The fourth-order valence-corrected chi connectivity index (χ4v) is 29.6. The zero-order valence-electron chi connectivity index (χ0n) is 19.4. The number of halogens is 2. The van der Waals surface area contributed by atoms with Crippen molar-refractivity contribution in [3.05, 3.63) is 123 Å². The second kappa shape index (κ2) is 6.77. The van der Waals surface area contributed by atoms with Crippen LogP contribution in [0.1, 0.15) is 21.2 Å². The predicted octanol–water partition coefficient (Wildman–Crippen LogP) is 7.27. The zero-order valence-corrected chi connectivity index (χ0v) is 23.3. The van der Waals surface area contributed by atoms with E-state index >= 15 is 0 Å². The van der Waals surface area contributed by atoms with E-state index in [1.54, 1.807) is 24.3 Å². The monoisotopic (exact) mass is 552 g/mol. The molecule has 0 radical (unpaired) electrons. The van der Waals surface area contributed by atoms with Crippen molar-refractivity contribution in [2.75, 3.05) is 0 Å². The molecule has 0 heterocycles. The summed E-state index contributed by atoms with van der Waals surface area (Å²) in [5, 5.41) is 0. The molecule has 1 unspecified atom stereocenters. The van der Waals surface area contributed by atoms with Crippen molar-refractivity contribution in [3.63, 3.8) is 0 Å². The molecule has 2 nitrogen and oxygen atoms in total. The van der Waals surface area contributed by atoms with Crippen LogP contribution in [-0.2, 0) is 15.3 Å². The number of benzene rings is 3. The van der Waals surface area contributed by atoms with Gasteiger partial charge < -0.3 is 0 Å². The van der Waals surface area contributed by atoms with Crippen LogP contribution < -0.4 is 5.63 Å². The number of hydrogen-bond donors (Lipinski definition) is 0. The van der Waals surface area contributed by atoms with E-state index in [4.69, 9.17) is 5.63 Å². The summed E-state index contributed by atoms with van der Waals surface area (Å²) in [6, 6.07) is 20.5. The van der Waals surface area contributed by atoms with Gasteiger partial charge >= 0.3 is 197 Å². The molecule has 6 heteroatoms. The summed E-state index contributed by atoms with van der Waals surface area (Å²) in [5.74, 6) is 0.411. The van der Waals surface area contributed by atoms with Crippen molar-refractivity contribution in [1.82, 2.24) is 0 Å². The van der Waals surface area contributed by atoms with Crippen LogP contribution in [0.2, 0.25) is 9.26 Å². The van der Waals surface area contributed by atoms with E-state index in [9.17, 15) is 8.78 Å². The van der Waals surface area contributed by atoms with Crippen LogP contribution in [0.25, 0.3) is 6.08 Å². The SMILES string of the molecule is [CH3][Zr]([CH3])(=[SiH2])([O]c1ccc(F)cc1)([O]c1ccc(F)cc1)([C]1=CC=CC1)[CH]1C=Cc2ccccc21. The van der Waals surface area contributed by atoms with Gasteiger partial charge in [-0.1, -0.05) is 0 Å². The van der Waals surface area contributed by atoms with Gasteiger partial charge in [-0.2, -0.15) is 0 Å². The van der Waals surface area contributed by atoms with Crippen molar-refractivity contribution in [3.8, 4) is 11.5 Å². The Morgan fingerprint density at radius 2 is 1.38 bits per heavy atom. The number of fused-ring (bicyclic) bond motifs is 1. The van der Waals surface area contributed by atoms with Crippen molar-refractivity contribution in [1.29, 1.82) is 0 Å². The van der Waals surface area contributed by atoms with Crippen molar-refractivity contribution in [2.24, 2.45) is 0 Å². The molecule has 3 aromatic carbocycles. The standard InChI is InChI=1S/C9H7.2C6H5FO.C5H5.2CH3.H2Si.Zr/c1-2-5-9-7-3-6-8(9)4-1;2*7-5-1-3-6(8)4-2-5;1-2-4-5-3-1;;;;/h1-7H;2*1-4,8H;1-3H,4H2;2*1H3;1H2;/q;;;;;;;+2/p-2. The summed E-state index contributed by atoms with van der Waals surface area (Å²) < 4.78 is 47.6. The van der Waals surface area contributed by atoms with Gasteiger partial charge in [-0.15, -0.1) is 0 Å². The number of hydrogen-bond acceptors (Lipinski definition) is 2. The predicted molar refractivity (Wildman–Crippen MR) is 134 cm³/mol. The molecule has 1 atom stereocenters. The second-order valence-corrected chi connectivity index (χ2v) is 53.6. The summed E-state index contributed by atoms with van der Waals surface area (Å²) in [4.78, 5) is 0. The van der Waals surface area contributed by atoms with Crippen LogP contribution in [0.4, 0.5) is 8.78 Å². The fourth-order valence-electron chi connectivity index (χ4n) is 5.94. The molecule has 0 aromatic heterocycles. The third kappa shape index (κ3) is 3.34. The topological polar surface area (TPSA) is 18.5 Å². The molecule has 0 N–H and O–H groups in total. The number of rotatable bonds is 6. The van der Waals surface area contributed by atoms with Gasteiger partial charge in [0.15, 0.2) is 0 Å². The Hall–Kier alpha value is -2.56. The summed E-state index contributed by atoms with van der Waals surface area (Å²) in [5.41, 5.74) is 2.25. The van der Waals surface area contributed by atoms with Crippen molar-refractivity contribution in [2.45, 2.75) is 19.3 Å². The van der Waals surface area contributed by atoms with Crippen LogP contribution >= 0.6 is 0 Å². The molecule has 0 fully saturated rings. The molecule has 174 valence electrons. The molecule has 3 aromatic rings. The van der Waals surface area contributed by atoms with Crippen LogP contribution in [-0.4, -0.2) is 6.88 Å². The third-order valence-electron chi connectivity index (χ3n) is 7.86. The first-order valence-corrected chi connectivity index (χ1v) is 27.0. The molecule has 2 aliphatic carbocycles. The Balaban J connectivity index is 1.87. The fraction of sp³-hybridized carbons (Fsp3) is 0.143. The van der Waals surface area contributed by atoms with Gasteiger partial charge in [0, 0.05) is 0 Å². The van der Waals surface area contributed by atoms with E-state index in [1.165, 1.54) is 24.3 Å². The van der Waals surface area contributed by atoms with Gasteiger partial charge in [-0.05, 0) is 0 Å². The van der Waals surface area contributed by atoms with Gasteiger partial charge in [0.2, 0.25) is 0 Å². The molecule has 0 spiro atoms. The first-order valence-electron chi connectivity index (χ1n) is 11.5. The molecule has 0 bridgehead atoms. The molecule has 0 saturated carbocycles. The summed E-state index contributed by atoms with van der Waals surface area (Å²) >= 11 is -6.18. The van der Waals surface area contributed by atoms with Crippen LogP contribution in [0.15, 0.2) is 100 Å². The van der Waals surface area contributed by atoms with Crippen molar-refractivity contribution < 1.29 is 29.7 Å². The Labute approximate surface area is 195 Å². The van der Waals surface area contributed by atoms with Gasteiger partial charge in [0.05, 0.1) is 0 Å². The van der Waals surface area contributed by atoms with Crippen LogP contribution in [0.5, 0.6) is 11.5 Å².